The first-order chi connectivity index (χ1) is 11.2. The Kier molecular flexibility index (Phi) is 4.18. The number of aromatic nitrogens is 4. The number of ether oxygens (including phenoxy) is 1. The third-order valence-electron chi connectivity index (χ3n) is 3.62. The molecule has 9 heteroatoms. The Hall–Kier alpha value is -2.97. The average Bonchev–Trinajstić information content (AvgIpc) is 2.62. The zero-order valence-electron chi connectivity index (χ0n) is 12.6. The summed E-state index contributed by atoms with van der Waals surface area (Å²) in [5, 5.41) is 8.84. The molecule has 2 aromatic rings. The fraction of sp³-hybridized carbons (Fsp3) is 0.357. The number of methoxy groups -OCH3 is 1. The second-order valence-corrected chi connectivity index (χ2v) is 4.96. The summed E-state index contributed by atoms with van der Waals surface area (Å²) in [6.45, 7) is 3.02. The topological polar surface area (TPSA) is 105 Å². The number of nitrogens with zero attached hydrogens (tertiary/aromatic N) is 6. The van der Waals surface area contributed by atoms with Crippen LogP contribution in [0.2, 0.25) is 0 Å². The van der Waals surface area contributed by atoms with Gasteiger partial charge in [0.25, 0.3) is 0 Å². The largest absolute Gasteiger partial charge is 0.481 e. The molecule has 1 N–H and O–H groups in total. The molecule has 0 atom stereocenters. The van der Waals surface area contributed by atoms with E-state index in [4.69, 9.17) is 9.84 Å². The van der Waals surface area contributed by atoms with Crippen molar-refractivity contribution in [2.24, 2.45) is 0 Å². The number of hydrogen-bond donors (Lipinski definition) is 1. The summed E-state index contributed by atoms with van der Waals surface area (Å²) in [7, 11) is 1.57. The number of anilines is 2. The average molecular weight is 316 g/mol. The lowest BCUT2D eigenvalue weighted by Gasteiger charge is -2.35. The monoisotopic (exact) mass is 316 g/mol. The normalized spacial score (nSPS) is 14.7. The van der Waals surface area contributed by atoms with Gasteiger partial charge in [-0.05, 0) is 0 Å². The summed E-state index contributed by atoms with van der Waals surface area (Å²) in [5.74, 6) is 0.956. The molecule has 120 valence electrons. The second kappa shape index (κ2) is 6.42. The molecule has 0 saturated carbocycles. The van der Waals surface area contributed by atoms with Gasteiger partial charge in [0.1, 0.15) is 18.0 Å². The van der Waals surface area contributed by atoms with Crippen LogP contribution in [0.3, 0.4) is 0 Å². The zero-order chi connectivity index (χ0) is 16.2. The number of hydrogen-bond acceptors (Lipinski definition) is 8. The molecular weight excluding hydrogens is 300 g/mol. The van der Waals surface area contributed by atoms with Gasteiger partial charge in [-0.25, -0.2) is 24.7 Å². The van der Waals surface area contributed by atoms with E-state index in [2.05, 4.69) is 29.7 Å². The highest BCUT2D eigenvalue weighted by Crippen LogP contribution is 2.19. The number of carboxylic acid groups (broad SMARTS) is 1. The summed E-state index contributed by atoms with van der Waals surface area (Å²) in [6.07, 6.45) is 4.25. The second-order valence-electron chi connectivity index (χ2n) is 4.96. The summed E-state index contributed by atoms with van der Waals surface area (Å²) in [6, 6.07) is 1.80. The molecule has 0 aliphatic carbocycles. The van der Waals surface area contributed by atoms with Gasteiger partial charge in [-0.3, -0.25) is 0 Å². The molecule has 3 heterocycles. The van der Waals surface area contributed by atoms with Crippen molar-refractivity contribution in [2.45, 2.75) is 0 Å². The molecule has 0 aromatic carbocycles. The minimum atomic E-state index is -1.08. The van der Waals surface area contributed by atoms with E-state index in [-0.39, 0.29) is 5.69 Å². The lowest BCUT2D eigenvalue weighted by Crippen LogP contribution is -2.47. The number of rotatable bonds is 4. The highest BCUT2D eigenvalue weighted by molar-refractivity contribution is 5.84. The molecule has 1 fully saturated rings. The van der Waals surface area contributed by atoms with Crippen molar-refractivity contribution in [1.29, 1.82) is 0 Å². The van der Waals surface area contributed by atoms with E-state index < -0.39 is 5.97 Å². The predicted molar refractivity (Wildman–Crippen MR) is 82.0 cm³/mol. The Morgan fingerprint density at radius 1 is 1.04 bits per heavy atom. The number of carboxylic acids is 1. The molecule has 2 aromatic heterocycles. The van der Waals surface area contributed by atoms with E-state index in [1.54, 1.807) is 13.2 Å². The van der Waals surface area contributed by atoms with Crippen LogP contribution in [-0.2, 0) is 0 Å². The van der Waals surface area contributed by atoms with Crippen LogP contribution in [0.5, 0.6) is 5.88 Å². The van der Waals surface area contributed by atoms with Gasteiger partial charge in [-0.1, -0.05) is 0 Å². The number of aromatic carboxylic acids is 1. The summed E-state index contributed by atoms with van der Waals surface area (Å²) >= 11 is 0. The van der Waals surface area contributed by atoms with Crippen LogP contribution in [0.15, 0.2) is 24.8 Å². The molecule has 1 saturated heterocycles. The van der Waals surface area contributed by atoms with Crippen molar-refractivity contribution in [1.82, 2.24) is 19.9 Å². The summed E-state index contributed by atoms with van der Waals surface area (Å²) in [5.41, 5.74) is -0.0551. The smallest absolute Gasteiger partial charge is 0.356 e. The van der Waals surface area contributed by atoms with E-state index in [0.29, 0.717) is 11.7 Å². The van der Waals surface area contributed by atoms with Crippen molar-refractivity contribution >= 4 is 17.6 Å². The van der Waals surface area contributed by atoms with Crippen LogP contribution >= 0.6 is 0 Å². The first-order valence-electron chi connectivity index (χ1n) is 7.08. The number of carbonyl (C=O) groups is 1. The van der Waals surface area contributed by atoms with Gasteiger partial charge in [0, 0.05) is 32.2 Å². The van der Waals surface area contributed by atoms with E-state index in [1.807, 2.05) is 0 Å². The van der Waals surface area contributed by atoms with Crippen molar-refractivity contribution in [3.8, 4) is 5.88 Å². The fourth-order valence-corrected chi connectivity index (χ4v) is 2.37. The SMILES string of the molecule is COc1cc(N2CCN(c3cnc(C(=O)O)cn3)CC2)ncn1. The molecule has 9 nitrogen and oxygen atoms in total. The van der Waals surface area contributed by atoms with Gasteiger partial charge >= 0.3 is 5.97 Å². The van der Waals surface area contributed by atoms with Gasteiger partial charge in [-0.15, -0.1) is 0 Å². The van der Waals surface area contributed by atoms with Crippen LogP contribution < -0.4 is 14.5 Å². The molecule has 0 amide bonds. The van der Waals surface area contributed by atoms with Gasteiger partial charge in [-0.2, -0.15) is 0 Å². The fourth-order valence-electron chi connectivity index (χ4n) is 2.37. The quantitative estimate of drug-likeness (QED) is 0.852. The zero-order valence-corrected chi connectivity index (χ0v) is 12.6. The van der Waals surface area contributed by atoms with E-state index in [1.165, 1.54) is 18.7 Å². The third kappa shape index (κ3) is 3.28. The maximum Gasteiger partial charge on any atom is 0.356 e. The van der Waals surface area contributed by atoms with Crippen LogP contribution in [0, 0.1) is 0 Å². The Morgan fingerprint density at radius 3 is 2.30 bits per heavy atom. The van der Waals surface area contributed by atoms with Gasteiger partial charge < -0.3 is 19.6 Å². The Bertz CT molecular complexity index is 685. The van der Waals surface area contributed by atoms with Crippen molar-refractivity contribution in [3.63, 3.8) is 0 Å². The molecule has 1 aliphatic heterocycles. The van der Waals surface area contributed by atoms with Crippen LogP contribution in [-0.4, -0.2) is 64.3 Å². The van der Waals surface area contributed by atoms with E-state index in [9.17, 15) is 4.79 Å². The van der Waals surface area contributed by atoms with Crippen molar-refractivity contribution < 1.29 is 14.6 Å². The molecule has 23 heavy (non-hydrogen) atoms. The first-order valence-corrected chi connectivity index (χ1v) is 7.08. The van der Waals surface area contributed by atoms with Gasteiger partial charge in [0.05, 0.1) is 19.5 Å². The highest BCUT2D eigenvalue weighted by atomic mass is 16.5. The molecule has 1 aliphatic rings. The van der Waals surface area contributed by atoms with Crippen LogP contribution in [0.25, 0.3) is 0 Å². The Morgan fingerprint density at radius 2 is 1.74 bits per heavy atom. The maximum atomic E-state index is 10.8. The minimum absolute atomic E-state index is 0.0551. The van der Waals surface area contributed by atoms with Crippen LogP contribution in [0.1, 0.15) is 10.5 Å². The van der Waals surface area contributed by atoms with Gasteiger partial charge in [0.15, 0.2) is 5.69 Å². The third-order valence-corrected chi connectivity index (χ3v) is 3.62. The molecule has 0 spiro atoms. The Labute approximate surface area is 132 Å². The van der Waals surface area contributed by atoms with Crippen molar-refractivity contribution in [2.75, 3.05) is 43.1 Å². The Balaban J connectivity index is 1.64. The summed E-state index contributed by atoms with van der Waals surface area (Å²) < 4.78 is 5.11. The standard InChI is InChI=1S/C14H16N6O3/c1-23-13-6-11(17-9-18-13)19-2-4-20(5-3-19)12-8-15-10(7-16-12)14(21)22/h6-9H,2-5H2,1H3,(H,21,22). The summed E-state index contributed by atoms with van der Waals surface area (Å²) in [4.78, 5) is 31.3. The van der Waals surface area contributed by atoms with Gasteiger partial charge in [0.2, 0.25) is 5.88 Å². The van der Waals surface area contributed by atoms with E-state index in [0.717, 1.165) is 32.0 Å². The first kappa shape index (κ1) is 14.9. The highest BCUT2D eigenvalue weighted by Gasteiger charge is 2.20. The molecule has 0 unspecified atom stereocenters. The van der Waals surface area contributed by atoms with Crippen LogP contribution in [0.4, 0.5) is 11.6 Å². The van der Waals surface area contributed by atoms with Crippen molar-refractivity contribution in [3.05, 3.63) is 30.5 Å². The lowest BCUT2D eigenvalue weighted by atomic mass is 10.3. The molecule has 3 rings (SSSR count). The predicted octanol–water partition coefficient (Wildman–Crippen LogP) is 0.300. The minimum Gasteiger partial charge on any atom is -0.481 e. The van der Waals surface area contributed by atoms with E-state index >= 15 is 0 Å². The number of piperazine rings is 1. The molecule has 0 bridgehead atoms. The lowest BCUT2D eigenvalue weighted by molar-refractivity contribution is 0.0690. The molecule has 0 radical (unpaired) electrons. The maximum absolute atomic E-state index is 10.8. The molecular formula is C14H16N6O3.